The first-order chi connectivity index (χ1) is 13.3. The summed E-state index contributed by atoms with van der Waals surface area (Å²) >= 11 is 11.8. The lowest BCUT2D eigenvalue weighted by Crippen LogP contribution is -2.41. The molecule has 0 unspecified atom stereocenters. The molecule has 0 aliphatic carbocycles. The number of benzene rings is 2. The number of hydrogen-bond acceptors (Lipinski definition) is 4. The van der Waals surface area contributed by atoms with Crippen LogP contribution in [0.5, 0.6) is 11.5 Å². The summed E-state index contributed by atoms with van der Waals surface area (Å²) in [5, 5.41) is 0.595. The van der Waals surface area contributed by atoms with Crippen molar-refractivity contribution in [2.75, 3.05) is 13.7 Å². The van der Waals surface area contributed by atoms with Crippen LogP contribution in [0.2, 0.25) is 10.0 Å². The predicted molar refractivity (Wildman–Crippen MR) is 109 cm³/mol. The molecular weight excluding hydrogens is 403 g/mol. The van der Waals surface area contributed by atoms with Crippen LogP contribution in [0.25, 0.3) is 0 Å². The fourth-order valence-corrected chi connectivity index (χ4v) is 2.75. The molecule has 2 N–H and O–H groups in total. The highest BCUT2D eigenvalue weighted by Gasteiger charge is 2.14. The summed E-state index contributed by atoms with van der Waals surface area (Å²) in [6, 6.07) is 9.24. The number of carbonyl (C=O) groups is 2. The lowest BCUT2D eigenvalue weighted by atomic mass is 10.1. The van der Waals surface area contributed by atoms with Crippen LogP contribution in [-0.4, -0.2) is 25.5 Å². The van der Waals surface area contributed by atoms with Gasteiger partial charge in [-0.3, -0.25) is 20.4 Å². The molecule has 6 nitrogen and oxygen atoms in total. The fourth-order valence-electron chi connectivity index (χ4n) is 2.26. The van der Waals surface area contributed by atoms with Crippen molar-refractivity contribution in [2.24, 2.45) is 5.92 Å². The number of hydrazine groups is 1. The van der Waals surface area contributed by atoms with Crippen molar-refractivity contribution in [1.29, 1.82) is 0 Å². The van der Waals surface area contributed by atoms with Crippen molar-refractivity contribution in [3.05, 3.63) is 57.6 Å². The minimum Gasteiger partial charge on any atom is -0.493 e. The normalized spacial score (nSPS) is 10.5. The highest BCUT2D eigenvalue weighted by Crippen LogP contribution is 2.28. The van der Waals surface area contributed by atoms with Crippen LogP contribution in [0.1, 0.15) is 41.0 Å². The van der Waals surface area contributed by atoms with E-state index in [2.05, 4.69) is 24.7 Å². The van der Waals surface area contributed by atoms with Gasteiger partial charge in [-0.1, -0.05) is 37.0 Å². The summed E-state index contributed by atoms with van der Waals surface area (Å²) in [6.07, 6.45) is 0.907. The molecule has 28 heavy (non-hydrogen) atoms. The number of rotatable bonds is 7. The maximum atomic E-state index is 12.3. The number of carbonyl (C=O) groups excluding carboxylic acids is 2. The van der Waals surface area contributed by atoms with Crippen molar-refractivity contribution in [3.63, 3.8) is 0 Å². The zero-order valence-corrected chi connectivity index (χ0v) is 17.4. The number of amides is 2. The predicted octanol–water partition coefficient (Wildman–Crippen LogP) is 4.50. The van der Waals surface area contributed by atoms with E-state index in [0.717, 1.165) is 6.42 Å². The van der Waals surface area contributed by atoms with E-state index in [-0.39, 0.29) is 10.6 Å². The smallest absolute Gasteiger partial charge is 0.271 e. The van der Waals surface area contributed by atoms with Crippen LogP contribution >= 0.6 is 23.2 Å². The van der Waals surface area contributed by atoms with E-state index in [1.807, 2.05) is 0 Å². The molecule has 0 aliphatic rings. The average molecular weight is 425 g/mol. The fraction of sp³-hybridized carbons (Fsp3) is 0.300. The summed E-state index contributed by atoms with van der Waals surface area (Å²) in [7, 11) is 1.50. The summed E-state index contributed by atoms with van der Waals surface area (Å²) in [4.78, 5) is 24.5. The molecule has 0 fully saturated rings. The molecule has 2 rings (SSSR count). The Morgan fingerprint density at radius 3 is 2.36 bits per heavy atom. The second-order valence-electron chi connectivity index (χ2n) is 6.43. The van der Waals surface area contributed by atoms with E-state index in [9.17, 15) is 9.59 Å². The maximum absolute atomic E-state index is 12.3. The Morgan fingerprint density at radius 2 is 1.71 bits per heavy atom. The van der Waals surface area contributed by atoms with Gasteiger partial charge in [-0.25, -0.2) is 0 Å². The van der Waals surface area contributed by atoms with Crippen molar-refractivity contribution in [1.82, 2.24) is 10.9 Å². The zero-order chi connectivity index (χ0) is 20.7. The van der Waals surface area contributed by atoms with Crippen molar-refractivity contribution in [3.8, 4) is 11.5 Å². The number of ether oxygens (including phenoxy) is 2. The van der Waals surface area contributed by atoms with Gasteiger partial charge in [-0.2, -0.15) is 0 Å². The number of halogens is 2. The molecule has 0 saturated heterocycles. The van der Waals surface area contributed by atoms with Gasteiger partial charge in [0.05, 0.1) is 24.3 Å². The number of methoxy groups -OCH3 is 1. The Balaban J connectivity index is 2.00. The molecule has 0 spiro atoms. The molecule has 150 valence electrons. The molecule has 0 aromatic heterocycles. The lowest BCUT2D eigenvalue weighted by molar-refractivity contribution is 0.0846. The molecule has 0 heterocycles. The van der Waals surface area contributed by atoms with E-state index in [0.29, 0.717) is 34.6 Å². The van der Waals surface area contributed by atoms with E-state index in [1.165, 1.54) is 25.3 Å². The Morgan fingerprint density at radius 1 is 1.00 bits per heavy atom. The molecule has 0 radical (unpaired) electrons. The zero-order valence-electron chi connectivity index (χ0n) is 15.8. The molecular formula is C20H22Cl2N2O4. The monoisotopic (exact) mass is 424 g/mol. The van der Waals surface area contributed by atoms with E-state index in [1.54, 1.807) is 18.2 Å². The topological polar surface area (TPSA) is 76.7 Å². The summed E-state index contributed by atoms with van der Waals surface area (Å²) in [5.74, 6) is 0.440. The minimum atomic E-state index is -0.560. The van der Waals surface area contributed by atoms with E-state index in [4.69, 9.17) is 32.7 Å². The van der Waals surface area contributed by atoms with Crippen LogP contribution in [-0.2, 0) is 0 Å². The van der Waals surface area contributed by atoms with Gasteiger partial charge in [0.25, 0.3) is 11.8 Å². The number of hydrogen-bond donors (Lipinski definition) is 2. The molecule has 2 aromatic carbocycles. The molecule has 0 saturated carbocycles. The van der Waals surface area contributed by atoms with Gasteiger partial charge in [-0.15, -0.1) is 0 Å². The van der Waals surface area contributed by atoms with Crippen LogP contribution in [0, 0.1) is 5.92 Å². The molecule has 0 aliphatic heterocycles. The van der Waals surface area contributed by atoms with Crippen molar-refractivity contribution >= 4 is 35.0 Å². The Bertz CT molecular complexity index is 856. The Hall–Kier alpha value is -2.44. The van der Waals surface area contributed by atoms with Crippen molar-refractivity contribution < 1.29 is 19.1 Å². The van der Waals surface area contributed by atoms with Crippen LogP contribution in [0.15, 0.2) is 36.4 Å². The van der Waals surface area contributed by atoms with Gasteiger partial charge in [0.1, 0.15) is 0 Å². The quantitative estimate of drug-likeness (QED) is 0.641. The Kier molecular flexibility index (Phi) is 7.96. The summed E-state index contributed by atoms with van der Waals surface area (Å²) in [6.45, 7) is 4.77. The van der Waals surface area contributed by atoms with Crippen LogP contribution in [0.4, 0.5) is 0 Å². The minimum absolute atomic E-state index is 0.184. The van der Waals surface area contributed by atoms with Gasteiger partial charge in [0, 0.05) is 10.6 Å². The summed E-state index contributed by atoms with van der Waals surface area (Å²) in [5.41, 5.74) is 5.15. The molecule has 0 atom stereocenters. The van der Waals surface area contributed by atoms with Gasteiger partial charge in [0.2, 0.25) is 0 Å². The van der Waals surface area contributed by atoms with Crippen LogP contribution in [0.3, 0.4) is 0 Å². The Labute approximate surface area is 174 Å². The third-order valence-corrected chi connectivity index (χ3v) is 4.39. The average Bonchev–Trinajstić information content (AvgIpc) is 2.65. The van der Waals surface area contributed by atoms with Crippen molar-refractivity contribution in [2.45, 2.75) is 20.3 Å². The highest BCUT2D eigenvalue weighted by molar-refractivity contribution is 6.36. The highest BCUT2D eigenvalue weighted by atomic mass is 35.5. The van der Waals surface area contributed by atoms with Crippen LogP contribution < -0.4 is 20.3 Å². The van der Waals surface area contributed by atoms with Gasteiger partial charge in [-0.05, 0) is 48.7 Å². The molecule has 0 bridgehead atoms. The summed E-state index contributed by atoms with van der Waals surface area (Å²) < 4.78 is 11.0. The lowest BCUT2D eigenvalue weighted by Gasteiger charge is -2.13. The molecule has 2 aromatic rings. The molecule has 2 amide bonds. The first-order valence-corrected chi connectivity index (χ1v) is 9.44. The van der Waals surface area contributed by atoms with Gasteiger partial charge < -0.3 is 9.47 Å². The second kappa shape index (κ2) is 10.2. The van der Waals surface area contributed by atoms with Gasteiger partial charge in [0.15, 0.2) is 11.5 Å². The van der Waals surface area contributed by atoms with E-state index < -0.39 is 11.8 Å². The number of nitrogens with one attached hydrogen (secondary N) is 2. The third kappa shape index (κ3) is 6.04. The largest absolute Gasteiger partial charge is 0.493 e. The third-order valence-electron chi connectivity index (χ3n) is 3.84. The maximum Gasteiger partial charge on any atom is 0.271 e. The first-order valence-electron chi connectivity index (χ1n) is 8.68. The molecule has 8 heteroatoms. The second-order valence-corrected chi connectivity index (χ2v) is 7.27. The SMILES string of the molecule is COc1cc(C(=O)NNC(=O)c2ccc(Cl)cc2Cl)ccc1OCCC(C)C. The van der Waals surface area contributed by atoms with E-state index >= 15 is 0 Å². The standard InChI is InChI=1S/C20H22Cl2N2O4/c1-12(2)8-9-28-17-7-4-13(10-18(17)27-3)19(25)23-24-20(26)15-6-5-14(21)11-16(15)22/h4-7,10-12H,8-9H2,1-3H3,(H,23,25)(H,24,26). The first kappa shape index (κ1) is 21.9. The van der Waals surface area contributed by atoms with Gasteiger partial charge >= 0.3 is 0 Å².